The largest absolute Gasteiger partial charge is 0.392 e. The van der Waals surface area contributed by atoms with Crippen molar-refractivity contribution in [2.75, 3.05) is 4.90 Å². The first-order valence-corrected chi connectivity index (χ1v) is 10.4. The molecule has 0 aliphatic heterocycles. The van der Waals surface area contributed by atoms with Crippen LogP contribution in [0.2, 0.25) is 0 Å². The molecule has 1 heterocycles. The van der Waals surface area contributed by atoms with E-state index in [2.05, 4.69) is 17.0 Å². The number of carbonyl (C=O) groups excluding carboxylic acids is 1. The van der Waals surface area contributed by atoms with E-state index in [9.17, 15) is 15.0 Å². The Morgan fingerprint density at radius 3 is 1.53 bits per heavy atom. The van der Waals surface area contributed by atoms with Gasteiger partial charge in [-0.3, -0.25) is 4.79 Å². The summed E-state index contributed by atoms with van der Waals surface area (Å²) in [6.45, 7) is 0.00747. The van der Waals surface area contributed by atoms with Crippen molar-refractivity contribution < 1.29 is 15.0 Å². The zero-order valence-corrected chi connectivity index (χ0v) is 17.0. The molecule has 30 heavy (non-hydrogen) atoms. The van der Waals surface area contributed by atoms with E-state index in [1.165, 1.54) is 11.3 Å². The van der Waals surface area contributed by atoms with Crippen LogP contribution in [0.3, 0.4) is 0 Å². The lowest BCUT2D eigenvalue weighted by atomic mass is 10.1. The Labute approximate surface area is 179 Å². The van der Waals surface area contributed by atoms with Crippen molar-refractivity contribution in [3.63, 3.8) is 0 Å². The van der Waals surface area contributed by atoms with Crippen molar-refractivity contribution in [3.8, 4) is 10.4 Å². The SMILES string of the molecule is O=Cc1ccc(-c2ccc(N(c3ccc(CO)cc3)c3ccc(CO)cc3)cc2)s1. The number of anilines is 3. The number of aliphatic hydroxyl groups is 2. The summed E-state index contributed by atoms with van der Waals surface area (Å²) in [5, 5.41) is 18.7. The lowest BCUT2D eigenvalue weighted by Crippen LogP contribution is -2.10. The van der Waals surface area contributed by atoms with Gasteiger partial charge in [-0.25, -0.2) is 0 Å². The summed E-state index contributed by atoms with van der Waals surface area (Å²) >= 11 is 1.47. The third-order valence-corrected chi connectivity index (χ3v) is 5.97. The van der Waals surface area contributed by atoms with Crippen LogP contribution in [0, 0.1) is 0 Å². The van der Waals surface area contributed by atoms with Gasteiger partial charge in [0.1, 0.15) is 0 Å². The van der Waals surface area contributed by atoms with Crippen molar-refractivity contribution in [2.45, 2.75) is 13.2 Å². The molecule has 4 aromatic rings. The second-order valence-corrected chi connectivity index (χ2v) is 7.97. The minimum atomic E-state index is 0.00373. The maximum absolute atomic E-state index is 11.0. The predicted molar refractivity (Wildman–Crippen MR) is 122 cm³/mol. The van der Waals surface area contributed by atoms with Crippen LogP contribution in [0.1, 0.15) is 20.8 Å². The molecule has 0 atom stereocenters. The number of benzene rings is 3. The molecule has 0 amide bonds. The topological polar surface area (TPSA) is 60.8 Å². The molecule has 0 saturated heterocycles. The van der Waals surface area contributed by atoms with E-state index in [0.29, 0.717) is 4.88 Å². The summed E-state index contributed by atoms with van der Waals surface area (Å²) in [4.78, 5) is 14.9. The highest BCUT2D eigenvalue weighted by Crippen LogP contribution is 2.36. The summed E-state index contributed by atoms with van der Waals surface area (Å²) in [6, 6.07) is 27.5. The molecule has 0 fully saturated rings. The summed E-state index contributed by atoms with van der Waals surface area (Å²) in [5.41, 5.74) is 5.69. The maximum atomic E-state index is 11.0. The van der Waals surface area contributed by atoms with Gasteiger partial charge in [-0.2, -0.15) is 0 Å². The van der Waals surface area contributed by atoms with Crippen molar-refractivity contribution in [1.82, 2.24) is 0 Å². The smallest absolute Gasteiger partial charge is 0.160 e. The van der Waals surface area contributed by atoms with Crippen LogP contribution in [-0.2, 0) is 13.2 Å². The Morgan fingerprint density at radius 1 is 0.667 bits per heavy atom. The number of rotatable bonds is 7. The molecule has 0 saturated carbocycles. The Balaban J connectivity index is 1.73. The highest BCUT2D eigenvalue weighted by molar-refractivity contribution is 7.17. The Morgan fingerprint density at radius 2 is 1.13 bits per heavy atom. The molecule has 4 rings (SSSR count). The molecule has 0 aliphatic rings. The molecule has 0 aliphatic carbocycles. The van der Waals surface area contributed by atoms with Crippen molar-refractivity contribution in [1.29, 1.82) is 0 Å². The number of aldehydes is 1. The lowest BCUT2D eigenvalue weighted by Gasteiger charge is -2.26. The van der Waals surface area contributed by atoms with Crippen molar-refractivity contribution in [3.05, 3.63) is 101 Å². The maximum Gasteiger partial charge on any atom is 0.160 e. The zero-order valence-electron chi connectivity index (χ0n) is 16.2. The molecule has 150 valence electrons. The Hall–Kier alpha value is -3.25. The quantitative estimate of drug-likeness (QED) is 0.381. The summed E-state index contributed by atoms with van der Waals surface area (Å²) < 4.78 is 0. The van der Waals surface area contributed by atoms with E-state index in [-0.39, 0.29) is 13.2 Å². The van der Waals surface area contributed by atoms with Gasteiger partial charge in [0.25, 0.3) is 0 Å². The molecule has 0 unspecified atom stereocenters. The Kier molecular flexibility index (Phi) is 6.05. The van der Waals surface area contributed by atoms with Crippen LogP contribution in [0.5, 0.6) is 0 Å². The average molecular weight is 416 g/mol. The van der Waals surface area contributed by atoms with Gasteiger partial charge in [-0.1, -0.05) is 36.4 Å². The molecule has 4 nitrogen and oxygen atoms in total. The summed E-state index contributed by atoms with van der Waals surface area (Å²) in [5.74, 6) is 0. The van der Waals surface area contributed by atoms with Gasteiger partial charge in [-0.05, 0) is 65.2 Å². The number of hydrogen-bond donors (Lipinski definition) is 2. The lowest BCUT2D eigenvalue weighted by molar-refractivity contribution is 0.112. The molecule has 0 radical (unpaired) electrons. The number of hydrogen-bond acceptors (Lipinski definition) is 5. The van der Waals surface area contributed by atoms with E-state index in [1.54, 1.807) is 0 Å². The zero-order chi connectivity index (χ0) is 20.9. The van der Waals surface area contributed by atoms with Gasteiger partial charge in [0.05, 0.1) is 18.1 Å². The van der Waals surface area contributed by atoms with E-state index >= 15 is 0 Å². The highest BCUT2D eigenvalue weighted by Gasteiger charge is 2.13. The summed E-state index contributed by atoms with van der Waals surface area (Å²) in [6.07, 6.45) is 0.871. The standard InChI is InChI=1S/C25H21NO3S/c27-15-18-1-7-21(8-2-18)26(22-9-3-19(16-28)4-10-22)23-11-5-20(6-12-23)25-14-13-24(17-29)30-25/h1-14,17,27-28H,15-16H2. The van der Waals surface area contributed by atoms with Crippen LogP contribution >= 0.6 is 11.3 Å². The van der Waals surface area contributed by atoms with Crippen molar-refractivity contribution >= 4 is 34.7 Å². The molecule has 2 N–H and O–H groups in total. The first-order valence-electron chi connectivity index (χ1n) is 9.57. The first kappa shape index (κ1) is 20.0. The number of nitrogens with zero attached hydrogens (tertiary/aromatic N) is 1. The third-order valence-electron chi connectivity index (χ3n) is 4.91. The number of carbonyl (C=O) groups is 1. The number of aliphatic hydroxyl groups excluding tert-OH is 2. The average Bonchev–Trinajstić information content (AvgIpc) is 3.30. The van der Waals surface area contributed by atoms with E-state index in [4.69, 9.17) is 0 Å². The van der Waals surface area contributed by atoms with Crippen LogP contribution in [-0.4, -0.2) is 16.5 Å². The van der Waals surface area contributed by atoms with Gasteiger partial charge < -0.3 is 15.1 Å². The normalized spacial score (nSPS) is 10.7. The van der Waals surface area contributed by atoms with Crippen molar-refractivity contribution in [2.24, 2.45) is 0 Å². The number of thiophene rings is 1. The fraction of sp³-hybridized carbons (Fsp3) is 0.0800. The molecular formula is C25H21NO3S. The fourth-order valence-electron chi connectivity index (χ4n) is 3.29. The second kappa shape index (κ2) is 9.05. The van der Waals surface area contributed by atoms with Gasteiger partial charge in [-0.15, -0.1) is 11.3 Å². The van der Waals surface area contributed by atoms with Crippen LogP contribution < -0.4 is 4.90 Å². The highest BCUT2D eigenvalue weighted by atomic mass is 32.1. The monoisotopic (exact) mass is 415 g/mol. The molecular weight excluding hydrogens is 394 g/mol. The molecule has 5 heteroatoms. The molecule has 0 bridgehead atoms. The molecule has 3 aromatic carbocycles. The predicted octanol–water partition coefficient (Wildman–Crippen LogP) is 5.68. The van der Waals surface area contributed by atoms with Crippen LogP contribution in [0.25, 0.3) is 10.4 Å². The molecule has 0 spiro atoms. The second-order valence-electron chi connectivity index (χ2n) is 6.85. The van der Waals surface area contributed by atoms with Gasteiger partial charge in [0, 0.05) is 21.9 Å². The van der Waals surface area contributed by atoms with Gasteiger partial charge >= 0.3 is 0 Å². The van der Waals surface area contributed by atoms with Crippen LogP contribution in [0.15, 0.2) is 84.9 Å². The minimum Gasteiger partial charge on any atom is -0.392 e. The van der Waals surface area contributed by atoms with Gasteiger partial charge in [0.2, 0.25) is 0 Å². The summed E-state index contributed by atoms with van der Waals surface area (Å²) in [7, 11) is 0. The fourth-order valence-corrected chi connectivity index (χ4v) is 4.12. The van der Waals surface area contributed by atoms with E-state index in [1.807, 2.05) is 72.8 Å². The van der Waals surface area contributed by atoms with Crippen LogP contribution in [0.4, 0.5) is 17.1 Å². The van der Waals surface area contributed by atoms with E-state index < -0.39 is 0 Å². The minimum absolute atomic E-state index is 0.00373. The Bertz CT molecular complexity index is 1070. The van der Waals surface area contributed by atoms with E-state index in [0.717, 1.165) is 44.9 Å². The first-order chi connectivity index (χ1) is 14.7. The third kappa shape index (κ3) is 4.19. The van der Waals surface area contributed by atoms with Gasteiger partial charge in [0.15, 0.2) is 6.29 Å². The molecule has 1 aromatic heterocycles.